The van der Waals surface area contributed by atoms with Gasteiger partial charge in [-0.3, -0.25) is 10.1 Å². The summed E-state index contributed by atoms with van der Waals surface area (Å²) in [5.41, 5.74) is 0. The fourth-order valence-corrected chi connectivity index (χ4v) is 4.64. The molecule has 4 heteroatoms. The first-order valence-corrected chi connectivity index (χ1v) is 9.09. The Hall–Kier alpha value is -0.870. The van der Waals surface area contributed by atoms with Crippen molar-refractivity contribution in [2.45, 2.75) is 64.7 Å². The molecule has 2 aliphatic rings. The van der Waals surface area contributed by atoms with Gasteiger partial charge in [-0.05, 0) is 43.0 Å². The Morgan fingerprint density at radius 1 is 1.29 bits per heavy atom. The number of hydrogen-bond donors (Lipinski definition) is 1. The number of nitrogens with one attached hydrogen (secondary N) is 1. The van der Waals surface area contributed by atoms with Gasteiger partial charge in [-0.2, -0.15) is 0 Å². The summed E-state index contributed by atoms with van der Waals surface area (Å²) in [4.78, 5) is 16.3. The fraction of sp³-hybridized carbons (Fsp3) is 0.706. The van der Waals surface area contributed by atoms with E-state index in [0.29, 0.717) is 23.8 Å². The SMILES string of the molecule is CC(C)C1NC(c2cccs2)N(C(C)C2CCCC2)C1=O. The summed E-state index contributed by atoms with van der Waals surface area (Å²) in [5.74, 6) is 1.30. The second kappa shape index (κ2) is 6.09. The van der Waals surface area contributed by atoms with Gasteiger partial charge in [0.05, 0.1) is 6.04 Å². The average molecular weight is 306 g/mol. The molecular formula is C17H26N2OS. The van der Waals surface area contributed by atoms with Crippen LogP contribution < -0.4 is 5.32 Å². The van der Waals surface area contributed by atoms with E-state index in [2.05, 4.69) is 48.5 Å². The van der Waals surface area contributed by atoms with Crippen molar-refractivity contribution in [2.75, 3.05) is 0 Å². The van der Waals surface area contributed by atoms with Gasteiger partial charge in [0.15, 0.2) is 0 Å². The van der Waals surface area contributed by atoms with Crippen molar-refractivity contribution in [3.8, 4) is 0 Å². The first kappa shape index (κ1) is 15.0. The zero-order valence-electron chi connectivity index (χ0n) is 13.2. The van der Waals surface area contributed by atoms with E-state index >= 15 is 0 Å². The standard InChI is InChI=1S/C17H26N2OS/c1-11(2)15-17(20)19(12(3)13-7-4-5-8-13)16(18-15)14-9-6-10-21-14/h6,9-13,15-16,18H,4-5,7-8H2,1-3H3. The fourth-order valence-electron chi connectivity index (χ4n) is 3.86. The van der Waals surface area contributed by atoms with Crippen molar-refractivity contribution >= 4 is 17.2 Å². The summed E-state index contributed by atoms with van der Waals surface area (Å²) in [6.45, 7) is 6.51. The minimum atomic E-state index is -0.0408. The molecule has 3 rings (SSSR count). The number of carbonyl (C=O) groups excluding carboxylic acids is 1. The van der Waals surface area contributed by atoms with Gasteiger partial charge in [-0.1, -0.05) is 32.8 Å². The highest BCUT2D eigenvalue weighted by atomic mass is 32.1. The first-order chi connectivity index (χ1) is 10.1. The number of carbonyl (C=O) groups is 1. The van der Waals surface area contributed by atoms with E-state index in [1.807, 2.05) is 0 Å². The molecule has 3 unspecified atom stereocenters. The maximum Gasteiger partial charge on any atom is 0.241 e. The smallest absolute Gasteiger partial charge is 0.241 e. The molecule has 0 spiro atoms. The van der Waals surface area contributed by atoms with Crippen molar-refractivity contribution in [3.05, 3.63) is 22.4 Å². The molecule has 3 atom stereocenters. The molecule has 2 fully saturated rings. The van der Waals surface area contributed by atoms with Crippen LogP contribution in [0.25, 0.3) is 0 Å². The van der Waals surface area contributed by atoms with Gasteiger partial charge in [-0.25, -0.2) is 0 Å². The van der Waals surface area contributed by atoms with Crippen LogP contribution in [0.15, 0.2) is 17.5 Å². The lowest BCUT2D eigenvalue weighted by molar-refractivity contribution is -0.133. The van der Waals surface area contributed by atoms with Crippen LogP contribution in [-0.4, -0.2) is 22.9 Å². The normalized spacial score (nSPS) is 28.8. The van der Waals surface area contributed by atoms with Crippen molar-refractivity contribution < 1.29 is 4.79 Å². The molecule has 1 amide bonds. The van der Waals surface area contributed by atoms with Gasteiger partial charge in [0.1, 0.15) is 6.17 Å². The summed E-state index contributed by atoms with van der Waals surface area (Å²) in [6.07, 6.45) is 5.26. The predicted molar refractivity (Wildman–Crippen MR) is 87.1 cm³/mol. The van der Waals surface area contributed by atoms with Crippen LogP contribution in [0.1, 0.15) is 57.5 Å². The highest BCUT2D eigenvalue weighted by Crippen LogP contribution is 2.38. The molecule has 1 aliphatic heterocycles. The van der Waals surface area contributed by atoms with Crippen LogP contribution in [0.4, 0.5) is 0 Å². The van der Waals surface area contributed by atoms with Gasteiger partial charge in [0.25, 0.3) is 0 Å². The zero-order valence-corrected chi connectivity index (χ0v) is 14.0. The highest BCUT2D eigenvalue weighted by Gasteiger charge is 2.45. The number of rotatable bonds is 4. The van der Waals surface area contributed by atoms with Crippen LogP contribution in [0, 0.1) is 11.8 Å². The lowest BCUT2D eigenvalue weighted by Gasteiger charge is -2.33. The van der Waals surface area contributed by atoms with E-state index in [0.717, 1.165) is 0 Å². The van der Waals surface area contributed by atoms with E-state index in [9.17, 15) is 4.79 Å². The largest absolute Gasteiger partial charge is 0.318 e. The monoisotopic (exact) mass is 306 g/mol. The first-order valence-electron chi connectivity index (χ1n) is 8.21. The maximum absolute atomic E-state index is 12.9. The molecule has 0 aromatic carbocycles. The maximum atomic E-state index is 12.9. The third-order valence-corrected chi connectivity index (χ3v) is 6.06. The number of nitrogens with zero attached hydrogens (tertiary/aromatic N) is 1. The minimum absolute atomic E-state index is 0.0408. The lowest BCUT2D eigenvalue weighted by Crippen LogP contribution is -2.42. The third kappa shape index (κ3) is 2.76. The quantitative estimate of drug-likeness (QED) is 0.918. The van der Waals surface area contributed by atoms with Gasteiger partial charge in [0, 0.05) is 10.9 Å². The Morgan fingerprint density at radius 2 is 2.00 bits per heavy atom. The topological polar surface area (TPSA) is 32.3 Å². The number of amides is 1. The highest BCUT2D eigenvalue weighted by molar-refractivity contribution is 7.10. The second-order valence-electron chi connectivity index (χ2n) is 6.84. The summed E-state index contributed by atoms with van der Waals surface area (Å²) in [7, 11) is 0. The Bertz CT molecular complexity index is 479. The molecule has 1 aromatic rings. The van der Waals surface area contributed by atoms with E-state index in [1.54, 1.807) is 11.3 Å². The molecule has 21 heavy (non-hydrogen) atoms. The molecule has 3 nitrogen and oxygen atoms in total. The molecule has 1 aliphatic carbocycles. The Labute approximate surface area is 131 Å². The Balaban J connectivity index is 1.87. The van der Waals surface area contributed by atoms with Gasteiger partial charge >= 0.3 is 0 Å². The number of hydrogen-bond acceptors (Lipinski definition) is 3. The van der Waals surface area contributed by atoms with Crippen LogP contribution in [0.5, 0.6) is 0 Å². The summed E-state index contributed by atoms with van der Waals surface area (Å²) < 4.78 is 0. The van der Waals surface area contributed by atoms with Crippen LogP contribution in [0.2, 0.25) is 0 Å². The van der Waals surface area contributed by atoms with Gasteiger partial charge in [-0.15, -0.1) is 11.3 Å². The summed E-state index contributed by atoms with van der Waals surface area (Å²) >= 11 is 1.74. The summed E-state index contributed by atoms with van der Waals surface area (Å²) in [6, 6.07) is 4.52. The molecule has 0 bridgehead atoms. The molecule has 2 heterocycles. The van der Waals surface area contributed by atoms with Gasteiger partial charge in [0.2, 0.25) is 5.91 Å². The molecule has 1 saturated carbocycles. The number of thiophene rings is 1. The van der Waals surface area contributed by atoms with Crippen molar-refractivity contribution in [2.24, 2.45) is 11.8 Å². The van der Waals surface area contributed by atoms with Crippen molar-refractivity contribution in [1.82, 2.24) is 10.2 Å². The second-order valence-corrected chi connectivity index (χ2v) is 7.82. The molecule has 1 aromatic heterocycles. The van der Waals surface area contributed by atoms with E-state index < -0.39 is 0 Å². The van der Waals surface area contributed by atoms with E-state index in [-0.39, 0.29) is 12.2 Å². The Morgan fingerprint density at radius 3 is 2.57 bits per heavy atom. The van der Waals surface area contributed by atoms with Gasteiger partial charge < -0.3 is 4.90 Å². The van der Waals surface area contributed by atoms with Crippen molar-refractivity contribution in [3.63, 3.8) is 0 Å². The van der Waals surface area contributed by atoms with Crippen LogP contribution in [0.3, 0.4) is 0 Å². The van der Waals surface area contributed by atoms with Crippen LogP contribution in [-0.2, 0) is 4.79 Å². The molecule has 1 saturated heterocycles. The Kier molecular flexibility index (Phi) is 4.36. The average Bonchev–Trinajstić information content (AvgIpc) is 3.18. The molecule has 116 valence electrons. The predicted octanol–water partition coefficient (Wildman–Crippen LogP) is 3.78. The molecular weight excluding hydrogens is 280 g/mol. The summed E-state index contributed by atoms with van der Waals surface area (Å²) in [5, 5.41) is 5.68. The molecule has 1 N–H and O–H groups in total. The molecule has 0 radical (unpaired) electrons. The zero-order chi connectivity index (χ0) is 15.0. The van der Waals surface area contributed by atoms with Crippen molar-refractivity contribution in [1.29, 1.82) is 0 Å². The third-order valence-electron chi connectivity index (χ3n) is 5.14. The van der Waals surface area contributed by atoms with Crippen LogP contribution >= 0.6 is 11.3 Å². The lowest BCUT2D eigenvalue weighted by atomic mass is 9.97. The van der Waals surface area contributed by atoms with E-state index in [1.165, 1.54) is 30.6 Å². The minimum Gasteiger partial charge on any atom is -0.318 e. The van der Waals surface area contributed by atoms with E-state index in [4.69, 9.17) is 0 Å².